The molecule has 6 nitrogen and oxygen atoms in total. The van der Waals surface area contributed by atoms with E-state index in [2.05, 4.69) is 11.1 Å². The zero-order valence-electron chi connectivity index (χ0n) is 17.4. The number of likely N-dealkylation sites (tertiary alicyclic amines) is 1. The number of unbranched alkanes of at least 4 members (excludes halogenated alkanes) is 2. The first kappa shape index (κ1) is 21.6. The molecule has 1 aliphatic carbocycles. The molecule has 2 fully saturated rings. The van der Waals surface area contributed by atoms with E-state index in [0.717, 1.165) is 64.2 Å². The molecule has 0 aromatic carbocycles. The Balaban J connectivity index is 1.36. The van der Waals surface area contributed by atoms with Gasteiger partial charge in [-0.2, -0.15) is 0 Å². The Kier molecular flexibility index (Phi) is 8.78. The van der Waals surface area contributed by atoms with Gasteiger partial charge in [-0.3, -0.25) is 9.88 Å². The highest BCUT2D eigenvalue weighted by Crippen LogP contribution is 2.24. The lowest BCUT2D eigenvalue weighted by Gasteiger charge is -2.34. The summed E-state index contributed by atoms with van der Waals surface area (Å²) in [5, 5.41) is 0. The standard InChI is InChI=1S/C23H34N2O4/c26-22(28-17-8-2-3-10-19-11-9-15-24-18-19)21-14-6-7-16-25(21)23(27)29-20-12-4-1-5-13-20/h9,11,15,18,20-21H,1-8,10,12-14,16-17H2/t21-/m0/s1. The van der Waals surface area contributed by atoms with E-state index < -0.39 is 6.04 Å². The minimum absolute atomic E-state index is 0.00895. The van der Waals surface area contributed by atoms with Gasteiger partial charge < -0.3 is 9.47 Å². The SMILES string of the molecule is O=C(OCCCCCc1cccnc1)[C@@H]1CCCCN1C(=O)OC1CCCCC1. The molecule has 2 aliphatic rings. The number of aromatic nitrogens is 1. The van der Waals surface area contributed by atoms with E-state index in [4.69, 9.17) is 9.47 Å². The Morgan fingerprint density at radius 1 is 1.03 bits per heavy atom. The Hall–Kier alpha value is -2.11. The number of hydrogen-bond acceptors (Lipinski definition) is 5. The second-order valence-corrected chi connectivity index (χ2v) is 8.19. The number of pyridine rings is 1. The fraction of sp³-hybridized carbons (Fsp3) is 0.696. The minimum atomic E-state index is -0.491. The number of nitrogens with zero attached hydrogens (tertiary/aromatic N) is 2. The van der Waals surface area contributed by atoms with Crippen molar-refractivity contribution in [3.63, 3.8) is 0 Å². The van der Waals surface area contributed by atoms with Crippen LogP contribution in [0.5, 0.6) is 0 Å². The maximum Gasteiger partial charge on any atom is 0.410 e. The molecule has 0 N–H and O–H groups in total. The van der Waals surface area contributed by atoms with Crippen LogP contribution in [0.3, 0.4) is 0 Å². The second-order valence-electron chi connectivity index (χ2n) is 8.19. The molecule has 29 heavy (non-hydrogen) atoms. The van der Waals surface area contributed by atoms with Crippen LogP contribution in [0, 0.1) is 0 Å². The topological polar surface area (TPSA) is 68.7 Å². The van der Waals surface area contributed by atoms with Gasteiger partial charge in [0.15, 0.2) is 0 Å². The van der Waals surface area contributed by atoms with E-state index in [9.17, 15) is 9.59 Å². The van der Waals surface area contributed by atoms with E-state index in [-0.39, 0.29) is 18.2 Å². The molecule has 160 valence electrons. The van der Waals surface area contributed by atoms with Crippen LogP contribution >= 0.6 is 0 Å². The molecular weight excluding hydrogens is 368 g/mol. The predicted molar refractivity (Wildman–Crippen MR) is 110 cm³/mol. The van der Waals surface area contributed by atoms with Crippen molar-refractivity contribution in [2.45, 2.75) is 89.2 Å². The monoisotopic (exact) mass is 402 g/mol. The van der Waals surface area contributed by atoms with Crippen LogP contribution in [0.1, 0.15) is 76.2 Å². The fourth-order valence-corrected chi connectivity index (χ4v) is 4.21. The molecule has 3 rings (SSSR count). The lowest BCUT2D eigenvalue weighted by atomic mass is 9.98. The first-order chi connectivity index (χ1) is 14.2. The third-order valence-corrected chi connectivity index (χ3v) is 5.91. The largest absolute Gasteiger partial charge is 0.464 e. The molecule has 1 saturated heterocycles. The van der Waals surface area contributed by atoms with Crippen molar-refractivity contribution in [3.8, 4) is 0 Å². The summed E-state index contributed by atoms with van der Waals surface area (Å²) in [4.78, 5) is 30.9. The van der Waals surface area contributed by atoms with E-state index in [1.807, 2.05) is 12.3 Å². The van der Waals surface area contributed by atoms with Crippen molar-refractivity contribution in [1.82, 2.24) is 9.88 Å². The molecule has 1 atom stereocenters. The molecule has 2 heterocycles. The molecule has 1 saturated carbocycles. The number of ether oxygens (including phenoxy) is 2. The van der Waals surface area contributed by atoms with Crippen LogP contribution in [-0.4, -0.2) is 47.2 Å². The third kappa shape index (κ3) is 7.02. The van der Waals surface area contributed by atoms with Gasteiger partial charge in [-0.25, -0.2) is 9.59 Å². The van der Waals surface area contributed by atoms with E-state index in [0.29, 0.717) is 19.6 Å². The molecule has 0 radical (unpaired) electrons. The van der Waals surface area contributed by atoms with Crippen LogP contribution in [0.4, 0.5) is 4.79 Å². The van der Waals surface area contributed by atoms with Gasteiger partial charge in [0.1, 0.15) is 12.1 Å². The number of carbonyl (C=O) groups is 2. The molecule has 1 amide bonds. The highest BCUT2D eigenvalue weighted by molar-refractivity contribution is 5.81. The van der Waals surface area contributed by atoms with Crippen LogP contribution < -0.4 is 0 Å². The Bertz CT molecular complexity index is 631. The van der Waals surface area contributed by atoms with Gasteiger partial charge in [-0.1, -0.05) is 12.5 Å². The van der Waals surface area contributed by atoms with E-state index in [1.165, 1.54) is 12.0 Å². The fourth-order valence-electron chi connectivity index (χ4n) is 4.21. The molecule has 0 spiro atoms. The summed E-state index contributed by atoms with van der Waals surface area (Å²) in [6, 6.07) is 3.54. The normalized spacial score (nSPS) is 20.3. The molecule has 0 unspecified atom stereocenters. The molecule has 0 bridgehead atoms. The number of aryl methyl sites for hydroxylation is 1. The van der Waals surface area contributed by atoms with Gasteiger partial charge in [-0.05, 0) is 82.3 Å². The quantitative estimate of drug-likeness (QED) is 0.467. The lowest BCUT2D eigenvalue weighted by Crippen LogP contribution is -2.49. The van der Waals surface area contributed by atoms with Crippen LogP contribution in [0.2, 0.25) is 0 Å². The third-order valence-electron chi connectivity index (χ3n) is 5.91. The first-order valence-corrected chi connectivity index (χ1v) is 11.3. The average molecular weight is 403 g/mol. The molecule has 1 aliphatic heterocycles. The predicted octanol–water partition coefficient (Wildman–Crippen LogP) is 4.66. The summed E-state index contributed by atoms with van der Waals surface area (Å²) in [5.74, 6) is -0.280. The molecular formula is C23H34N2O4. The van der Waals surface area contributed by atoms with Crippen molar-refractivity contribution in [1.29, 1.82) is 0 Å². The number of carbonyl (C=O) groups excluding carboxylic acids is 2. The van der Waals surface area contributed by atoms with Crippen molar-refractivity contribution < 1.29 is 19.1 Å². The van der Waals surface area contributed by atoms with E-state index >= 15 is 0 Å². The van der Waals surface area contributed by atoms with Gasteiger partial charge in [0.05, 0.1) is 6.61 Å². The Morgan fingerprint density at radius 2 is 1.86 bits per heavy atom. The summed E-state index contributed by atoms with van der Waals surface area (Å²) in [5.41, 5.74) is 1.24. The summed E-state index contributed by atoms with van der Waals surface area (Å²) in [7, 11) is 0. The number of amides is 1. The Labute approximate surface area is 174 Å². The second kappa shape index (κ2) is 11.8. The summed E-state index contributed by atoms with van der Waals surface area (Å²) >= 11 is 0. The average Bonchev–Trinajstić information content (AvgIpc) is 2.77. The van der Waals surface area contributed by atoms with Crippen molar-refractivity contribution in [2.24, 2.45) is 0 Å². The summed E-state index contributed by atoms with van der Waals surface area (Å²) in [6.07, 6.45) is 15.1. The highest BCUT2D eigenvalue weighted by atomic mass is 16.6. The smallest absolute Gasteiger partial charge is 0.410 e. The number of rotatable bonds is 8. The van der Waals surface area contributed by atoms with Crippen molar-refractivity contribution in [2.75, 3.05) is 13.2 Å². The van der Waals surface area contributed by atoms with Gasteiger partial charge >= 0.3 is 12.1 Å². The maximum absolute atomic E-state index is 12.6. The van der Waals surface area contributed by atoms with Gasteiger partial charge in [0, 0.05) is 18.9 Å². The van der Waals surface area contributed by atoms with Gasteiger partial charge in [-0.15, -0.1) is 0 Å². The molecule has 1 aromatic rings. The lowest BCUT2D eigenvalue weighted by molar-refractivity contribution is -0.151. The van der Waals surface area contributed by atoms with Crippen LogP contribution in [0.15, 0.2) is 24.5 Å². The van der Waals surface area contributed by atoms with Gasteiger partial charge in [0.25, 0.3) is 0 Å². The zero-order valence-corrected chi connectivity index (χ0v) is 17.4. The van der Waals surface area contributed by atoms with Crippen molar-refractivity contribution >= 4 is 12.1 Å². The number of hydrogen-bond donors (Lipinski definition) is 0. The van der Waals surface area contributed by atoms with E-state index in [1.54, 1.807) is 11.1 Å². The minimum Gasteiger partial charge on any atom is -0.464 e. The summed E-state index contributed by atoms with van der Waals surface area (Å²) < 4.78 is 11.2. The van der Waals surface area contributed by atoms with Crippen LogP contribution in [0.25, 0.3) is 0 Å². The number of piperidine rings is 1. The maximum atomic E-state index is 12.6. The highest BCUT2D eigenvalue weighted by Gasteiger charge is 2.35. The Morgan fingerprint density at radius 3 is 2.66 bits per heavy atom. The van der Waals surface area contributed by atoms with Gasteiger partial charge in [0.2, 0.25) is 0 Å². The van der Waals surface area contributed by atoms with Crippen LogP contribution in [-0.2, 0) is 20.7 Å². The molecule has 1 aromatic heterocycles. The zero-order chi connectivity index (χ0) is 20.3. The number of esters is 1. The first-order valence-electron chi connectivity index (χ1n) is 11.3. The summed E-state index contributed by atoms with van der Waals surface area (Å²) in [6.45, 7) is 0.990. The van der Waals surface area contributed by atoms with Crippen molar-refractivity contribution in [3.05, 3.63) is 30.1 Å². The molecule has 6 heteroatoms.